The van der Waals surface area contributed by atoms with Crippen LogP contribution in [0, 0.1) is 0 Å². The molecule has 9 heteroatoms. The highest BCUT2D eigenvalue weighted by Gasteiger charge is 2.25. The number of nitrogens with zero attached hydrogens (tertiary/aromatic N) is 2. The molecule has 2 aromatic heterocycles. The summed E-state index contributed by atoms with van der Waals surface area (Å²) in [5.41, 5.74) is 8.53. The van der Waals surface area contributed by atoms with E-state index in [0.29, 0.717) is 17.0 Å². The Bertz CT molecular complexity index is 1160. The fourth-order valence-corrected chi connectivity index (χ4v) is 5.28. The molecule has 3 N–H and O–H groups in total. The Kier molecular flexibility index (Phi) is 6.03. The minimum atomic E-state index is -0.550. The van der Waals surface area contributed by atoms with Gasteiger partial charge < -0.3 is 20.4 Å². The number of rotatable bonds is 7. The number of imidazole rings is 1. The number of carbonyl (C=O) groups excluding carboxylic acids is 3. The number of esters is 1. The van der Waals surface area contributed by atoms with Crippen LogP contribution in [0.5, 0.6) is 0 Å². The molecule has 0 fully saturated rings. The van der Waals surface area contributed by atoms with Gasteiger partial charge in [0, 0.05) is 11.3 Å². The van der Waals surface area contributed by atoms with Gasteiger partial charge in [0.1, 0.15) is 17.4 Å². The summed E-state index contributed by atoms with van der Waals surface area (Å²) in [6.45, 7) is 1.50. The molecular weight excluding hydrogens is 416 g/mol. The average Bonchev–Trinajstić information content (AvgIpc) is 3.30. The van der Waals surface area contributed by atoms with E-state index in [1.807, 2.05) is 31.2 Å². The van der Waals surface area contributed by atoms with Crippen molar-refractivity contribution in [3.8, 4) is 0 Å². The normalized spacial score (nSPS) is 13.1. The number of aryl methyl sites for hydroxylation is 2. The van der Waals surface area contributed by atoms with Gasteiger partial charge in [-0.25, -0.2) is 4.98 Å². The first kappa shape index (κ1) is 21.0. The second-order valence-corrected chi connectivity index (χ2v) is 8.55. The molecule has 0 bridgehead atoms. The molecule has 0 unspecified atom stereocenters. The molecule has 3 aromatic rings. The maximum absolute atomic E-state index is 12.4. The van der Waals surface area contributed by atoms with E-state index in [1.165, 1.54) is 11.3 Å². The van der Waals surface area contributed by atoms with Crippen molar-refractivity contribution in [1.29, 1.82) is 0 Å². The number of nitrogens with one attached hydrogen (secondary N) is 1. The van der Waals surface area contributed by atoms with Gasteiger partial charge in [-0.15, -0.1) is 11.3 Å². The molecule has 162 valence electrons. The Morgan fingerprint density at radius 1 is 1.23 bits per heavy atom. The summed E-state index contributed by atoms with van der Waals surface area (Å²) >= 11 is 1.38. The predicted octanol–water partition coefficient (Wildman–Crippen LogP) is 2.82. The predicted molar refractivity (Wildman–Crippen MR) is 118 cm³/mol. The third kappa shape index (κ3) is 4.32. The van der Waals surface area contributed by atoms with E-state index < -0.39 is 24.4 Å². The van der Waals surface area contributed by atoms with Crippen molar-refractivity contribution >= 4 is 45.2 Å². The van der Waals surface area contributed by atoms with Crippen LogP contribution >= 0.6 is 11.3 Å². The number of carbonyl (C=O) groups is 3. The van der Waals surface area contributed by atoms with Crippen LogP contribution in [0.15, 0.2) is 24.3 Å². The number of fused-ring (bicyclic) bond motifs is 2. The molecule has 0 aliphatic heterocycles. The Balaban J connectivity index is 1.40. The van der Waals surface area contributed by atoms with Gasteiger partial charge in [0.25, 0.3) is 11.8 Å². The number of anilines is 1. The van der Waals surface area contributed by atoms with Crippen LogP contribution in [0.3, 0.4) is 0 Å². The molecule has 0 radical (unpaired) electrons. The van der Waals surface area contributed by atoms with Gasteiger partial charge in [0.2, 0.25) is 0 Å². The third-order valence-electron chi connectivity index (χ3n) is 5.37. The highest BCUT2D eigenvalue weighted by atomic mass is 32.1. The number of aromatic nitrogens is 2. The Morgan fingerprint density at radius 2 is 2.00 bits per heavy atom. The van der Waals surface area contributed by atoms with Crippen LogP contribution < -0.4 is 11.1 Å². The molecule has 1 aromatic carbocycles. The van der Waals surface area contributed by atoms with E-state index >= 15 is 0 Å². The van der Waals surface area contributed by atoms with Gasteiger partial charge in [-0.1, -0.05) is 19.1 Å². The van der Waals surface area contributed by atoms with Crippen molar-refractivity contribution in [3.63, 3.8) is 0 Å². The van der Waals surface area contributed by atoms with Crippen molar-refractivity contribution in [3.05, 3.63) is 46.1 Å². The molecule has 2 amide bonds. The zero-order chi connectivity index (χ0) is 22.0. The Hall–Kier alpha value is -3.20. The van der Waals surface area contributed by atoms with Crippen LogP contribution in [0.4, 0.5) is 5.00 Å². The summed E-state index contributed by atoms with van der Waals surface area (Å²) in [5.74, 6) is -0.808. The van der Waals surface area contributed by atoms with Gasteiger partial charge in [0.05, 0.1) is 16.6 Å². The SMILES string of the molecule is CCc1nc2ccccc2n1CC(=O)OCC(=O)Nc1sc2c(c1C(N)=O)CCCC2. The molecule has 0 saturated carbocycles. The van der Waals surface area contributed by atoms with Gasteiger partial charge in [-0.2, -0.15) is 0 Å². The highest BCUT2D eigenvalue weighted by molar-refractivity contribution is 7.17. The van der Waals surface area contributed by atoms with Crippen LogP contribution in [-0.2, 0) is 40.1 Å². The zero-order valence-electron chi connectivity index (χ0n) is 17.3. The molecule has 1 aliphatic carbocycles. The molecule has 1 aliphatic rings. The molecule has 31 heavy (non-hydrogen) atoms. The van der Waals surface area contributed by atoms with E-state index in [4.69, 9.17) is 10.5 Å². The lowest BCUT2D eigenvalue weighted by Gasteiger charge is -2.11. The van der Waals surface area contributed by atoms with E-state index in [9.17, 15) is 14.4 Å². The standard InChI is InChI=1S/C22H24N4O4S/c1-2-17-24-14-8-4-5-9-15(14)26(17)11-19(28)30-12-18(27)25-22-20(21(23)29)13-7-3-6-10-16(13)31-22/h4-5,8-9H,2-3,6-7,10-12H2,1H3,(H2,23,29)(H,25,27). The van der Waals surface area contributed by atoms with Crippen molar-refractivity contribution in [2.45, 2.75) is 45.6 Å². The lowest BCUT2D eigenvalue weighted by atomic mass is 9.95. The van der Waals surface area contributed by atoms with Gasteiger partial charge in [0.15, 0.2) is 6.61 Å². The van der Waals surface area contributed by atoms with Crippen LogP contribution in [0.25, 0.3) is 11.0 Å². The molecule has 0 saturated heterocycles. The minimum Gasteiger partial charge on any atom is -0.454 e. The van der Waals surface area contributed by atoms with Gasteiger partial charge in [-0.3, -0.25) is 14.4 Å². The molecule has 8 nitrogen and oxygen atoms in total. The van der Waals surface area contributed by atoms with E-state index in [0.717, 1.165) is 53.0 Å². The first-order chi connectivity index (χ1) is 15.0. The van der Waals surface area contributed by atoms with Crippen LogP contribution in [0.2, 0.25) is 0 Å². The van der Waals surface area contributed by atoms with E-state index in [-0.39, 0.29) is 6.54 Å². The number of hydrogen-bond donors (Lipinski definition) is 2. The summed E-state index contributed by atoms with van der Waals surface area (Å²) < 4.78 is 6.99. The summed E-state index contributed by atoms with van der Waals surface area (Å²) in [7, 11) is 0. The zero-order valence-corrected chi connectivity index (χ0v) is 18.1. The number of thiophene rings is 1. The lowest BCUT2D eigenvalue weighted by Crippen LogP contribution is -2.24. The Morgan fingerprint density at radius 3 is 2.77 bits per heavy atom. The third-order valence-corrected chi connectivity index (χ3v) is 6.58. The molecule has 2 heterocycles. The summed E-state index contributed by atoms with van der Waals surface area (Å²) in [4.78, 5) is 42.3. The van der Waals surface area contributed by atoms with Crippen molar-refractivity contribution in [1.82, 2.24) is 9.55 Å². The first-order valence-electron chi connectivity index (χ1n) is 10.3. The molecular formula is C22H24N4O4S. The maximum atomic E-state index is 12.4. The van der Waals surface area contributed by atoms with Crippen LogP contribution in [0.1, 0.15) is 46.4 Å². The topological polar surface area (TPSA) is 116 Å². The fraction of sp³-hybridized carbons (Fsp3) is 0.364. The number of primary amides is 1. The average molecular weight is 441 g/mol. The largest absolute Gasteiger partial charge is 0.454 e. The number of amides is 2. The van der Waals surface area contributed by atoms with Crippen LogP contribution in [-0.4, -0.2) is 33.9 Å². The van der Waals surface area contributed by atoms with E-state index in [2.05, 4.69) is 10.3 Å². The number of ether oxygens (including phenoxy) is 1. The van der Waals surface area contributed by atoms with E-state index in [1.54, 1.807) is 4.57 Å². The number of benzene rings is 1. The highest BCUT2D eigenvalue weighted by Crippen LogP contribution is 2.37. The smallest absolute Gasteiger partial charge is 0.326 e. The van der Waals surface area contributed by atoms with Crippen molar-refractivity contribution in [2.75, 3.05) is 11.9 Å². The Labute approximate surface area is 183 Å². The van der Waals surface area contributed by atoms with Gasteiger partial charge >= 0.3 is 5.97 Å². The lowest BCUT2D eigenvalue weighted by molar-refractivity contribution is -0.147. The second-order valence-electron chi connectivity index (χ2n) is 7.44. The number of hydrogen-bond acceptors (Lipinski definition) is 6. The monoisotopic (exact) mass is 440 g/mol. The first-order valence-corrected chi connectivity index (χ1v) is 11.1. The number of para-hydroxylation sites is 2. The molecule has 0 atom stereocenters. The van der Waals surface area contributed by atoms with Crippen molar-refractivity contribution in [2.24, 2.45) is 5.73 Å². The quantitative estimate of drug-likeness (QED) is 0.548. The van der Waals surface area contributed by atoms with Gasteiger partial charge in [-0.05, 0) is 43.4 Å². The minimum absolute atomic E-state index is 0.0310. The fourth-order valence-electron chi connectivity index (χ4n) is 3.97. The molecule has 0 spiro atoms. The summed E-state index contributed by atoms with van der Waals surface area (Å²) in [6.07, 6.45) is 4.38. The maximum Gasteiger partial charge on any atom is 0.326 e. The summed E-state index contributed by atoms with van der Waals surface area (Å²) in [5, 5.41) is 3.14. The summed E-state index contributed by atoms with van der Waals surface area (Å²) in [6, 6.07) is 7.56. The second kappa shape index (κ2) is 8.89. The number of nitrogens with two attached hydrogens (primary N) is 1. The van der Waals surface area contributed by atoms with Crippen molar-refractivity contribution < 1.29 is 19.1 Å². The molecule has 4 rings (SSSR count).